The SMILES string of the molecule is C=C(Br)/C=C(\C=C(\C)N[O-])[N+](=O)[O-]. The van der Waals surface area contributed by atoms with Gasteiger partial charge < -0.3 is 10.7 Å². The number of hydrogen-bond acceptors (Lipinski definition) is 4. The third-order valence-electron chi connectivity index (χ3n) is 1.04. The van der Waals surface area contributed by atoms with E-state index in [2.05, 4.69) is 22.5 Å². The third-order valence-corrected chi connectivity index (χ3v) is 1.27. The largest absolute Gasteiger partial charge is 0.761 e. The van der Waals surface area contributed by atoms with Crippen LogP contribution in [-0.2, 0) is 0 Å². The van der Waals surface area contributed by atoms with Crippen LogP contribution in [0.4, 0.5) is 0 Å². The minimum absolute atomic E-state index is 0.164. The molecule has 0 rings (SSSR count). The van der Waals surface area contributed by atoms with Crippen LogP contribution in [-0.4, -0.2) is 4.92 Å². The molecule has 0 aromatic rings. The van der Waals surface area contributed by atoms with E-state index >= 15 is 0 Å². The van der Waals surface area contributed by atoms with Gasteiger partial charge in [-0.3, -0.25) is 10.1 Å². The Hall–Kier alpha value is -1.14. The van der Waals surface area contributed by atoms with Gasteiger partial charge in [0.15, 0.2) is 0 Å². The summed E-state index contributed by atoms with van der Waals surface area (Å²) in [5.41, 5.74) is 1.50. The van der Waals surface area contributed by atoms with Crippen LogP contribution < -0.4 is 5.48 Å². The van der Waals surface area contributed by atoms with Crippen LogP contribution >= 0.6 is 15.9 Å². The van der Waals surface area contributed by atoms with Gasteiger partial charge in [0.1, 0.15) is 0 Å². The van der Waals surface area contributed by atoms with Crippen molar-refractivity contribution in [2.75, 3.05) is 0 Å². The molecule has 0 saturated heterocycles. The minimum Gasteiger partial charge on any atom is -0.761 e. The number of hydrogen-bond donors (Lipinski definition) is 1. The van der Waals surface area contributed by atoms with Gasteiger partial charge in [-0.05, 0) is 6.92 Å². The second-order valence-corrected chi connectivity index (χ2v) is 3.22. The molecule has 0 aliphatic heterocycles. The number of nitrogens with one attached hydrogen (secondary N) is 1. The maximum absolute atomic E-state index is 10.4. The van der Waals surface area contributed by atoms with Crippen molar-refractivity contribution in [2.45, 2.75) is 6.92 Å². The highest BCUT2D eigenvalue weighted by Gasteiger charge is 2.06. The lowest BCUT2D eigenvalue weighted by Crippen LogP contribution is -2.03. The van der Waals surface area contributed by atoms with E-state index in [1.54, 1.807) is 5.48 Å². The first-order valence-electron chi connectivity index (χ1n) is 3.24. The number of allylic oxidation sites excluding steroid dienone is 4. The predicted molar refractivity (Wildman–Crippen MR) is 53.4 cm³/mol. The zero-order chi connectivity index (χ0) is 10.4. The number of nitro groups is 1. The molecule has 0 bridgehead atoms. The standard InChI is InChI=1S/C7H8BrN2O3/c1-5(8)3-7(10(12)13)4-6(2)9-11/h3-4,9H,1H2,2H3/q-1/b6-4-,7-3+. The highest BCUT2D eigenvalue weighted by molar-refractivity contribution is 9.11. The van der Waals surface area contributed by atoms with Crippen molar-refractivity contribution in [2.24, 2.45) is 0 Å². The second kappa shape index (κ2) is 5.50. The lowest BCUT2D eigenvalue weighted by atomic mass is 10.3. The van der Waals surface area contributed by atoms with Crippen molar-refractivity contribution >= 4 is 15.9 Å². The molecule has 0 amide bonds. The monoisotopic (exact) mass is 247 g/mol. The zero-order valence-electron chi connectivity index (χ0n) is 6.91. The highest BCUT2D eigenvalue weighted by atomic mass is 79.9. The molecule has 0 heterocycles. The van der Waals surface area contributed by atoms with E-state index < -0.39 is 4.92 Å². The molecule has 0 aromatic heterocycles. The van der Waals surface area contributed by atoms with E-state index in [1.165, 1.54) is 13.0 Å². The number of nitrogens with zero attached hydrogens (tertiary/aromatic N) is 1. The molecule has 0 atom stereocenters. The minimum atomic E-state index is -0.604. The summed E-state index contributed by atoms with van der Waals surface area (Å²) in [5.74, 6) is 0. The molecule has 0 aliphatic carbocycles. The van der Waals surface area contributed by atoms with E-state index in [-0.39, 0.29) is 11.4 Å². The maximum atomic E-state index is 10.4. The van der Waals surface area contributed by atoms with Gasteiger partial charge in [0.2, 0.25) is 0 Å². The Labute approximate surface area is 83.7 Å². The Kier molecular flexibility index (Phi) is 5.01. The summed E-state index contributed by atoms with van der Waals surface area (Å²) in [6.07, 6.45) is 2.33. The van der Waals surface area contributed by atoms with Crippen LogP contribution in [0, 0.1) is 15.3 Å². The quantitative estimate of drug-likeness (QED) is 0.469. The molecule has 0 aliphatic rings. The van der Waals surface area contributed by atoms with Crippen LogP contribution in [0.1, 0.15) is 6.92 Å². The van der Waals surface area contributed by atoms with E-state index in [1.807, 2.05) is 0 Å². The summed E-state index contributed by atoms with van der Waals surface area (Å²) in [6.45, 7) is 4.85. The maximum Gasteiger partial charge on any atom is 0.272 e. The Balaban J connectivity index is 4.84. The van der Waals surface area contributed by atoms with E-state index in [0.29, 0.717) is 4.48 Å². The van der Waals surface area contributed by atoms with Crippen LogP contribution in [0.25, 0.3) is 0 Å². The van der Waals surface area contributed by atoms with Gasteiger partial charge in [0.05, 0.1) is 4.92 Å². The van der Waals surface area contributed by atoms with E-state index in [9.17, 15) is 15.3 Å². The Morgan fingerprint density at radius 1 is 1.62 bits per heavy atom. The molecule has 0 fully saturated rings. The third kappa shape index (κ3) is 5.15. The first-order chi connectivity index (χ1) is 5.97. The van der Waals surface area contributed by atoms with Crippen molar-refractivity contribution in [3.63, 3.8) is 0 Å². The fourth-order valence-corrected chi connectivity index (χ4v) is 0.793. The van der Waals surface area contributed by atoms with Crippen LogP contribution in [0.3, 0.4) is 0 Å². The topological polar surface area (TPSA) is 78.2 Å². The number of rotatable bonds is 4. The van der Waals surface area contributed by atoms with Gasteiger partial charge in [-0.2, -0.15) is 0 Å². The first-order valence-corrected chi connectivity index (χ1v) is 4.03. The average Bonchev–Trinajstić information content (AvgIpc) is 2.02. The van der Waals surface area contributed by atoms with Gasteiger partial charge in [0.25, 0.3) is 5.70 Å². The number of halogens is 1. The van der Waals surface area contributed by atoms with Crippen molar-refractivity contribution < 1.29 is 4.92 Å². The molecule has 0 aromatic carbocycles. The van der Waals surface area contributed by atoms with Gasteiger partial charge in [-0.1, -0.05) is 22.5 Å². The smallest absolute Gasteiger partial charge is 0.272 e. The summed E-state index contributed by atoms with van der Waals surface area (Å²) < 4.78 is 0.370. The average molecular weight is 248 g/mol. The Morgan fingerprint density at radius 3 is 2.46 bits per heavy atom. The predicted octanol–water partition coefficient (Wildman–Crippen LogP) is 2.05. The van der Waals surface area contributed by atoms with Crippen LogP contribution in [0.15, 0.2) is 34.6 Å². The van der Waals surface area contributed by atoms with E-state index in [4.69, 9.17) is 0 Å². The van der Waals surface area contributed by atoms with Crippen LogP contribution in [0.5, 0.6) is 0 Å². The molecule has 13 heavy (non-hydrogen) atoms. The summed E-state index contributed by atoms with van der Waals surface area (Å²) in [6, 6.07) is 0. The van der Waals surface area contributed by atoms with Gasteiger partial charge in [0, 0.05) is 22.3 Å². The normalized spacial score (nSPS) is 12.5. The molecular weight excluding hydrogens is 240 g/mol. The van der Waals surface area contributed by atoms with Crippen LogP contribution in [0.2, 0.25) is 0 Å². The molecule has 0 unspecified atom stereocenters. The first kappa shape index (κ1) is 11.9. The molecule has 5 nitrogen and oxygen atoms in total. The molecule has 6 heteroatoms. The van der Waals surface area contributed by atoms with Crippen molar-refractivity contribution in [3.05, 3.63) is 49.9 Å². The summed E-state index contributed by atoms with van der Waals surface area (Å²) in [7, 11) is 0. The van der Waals surface area contributed by atoms with Crippen molar-refractivity contribution in [1.82, 2.24) is 5.48 Å². The summed E-state index contributed by atoms with van der Waals surface area (Å²) in [4.78, 5) is 9.78. The van der Waals surface area contributed by atoms with Crippen molar-refractivity contribution in [3.8, 4) is 0 Å². The summed E-state index contributed by atoms with van der Waals surface area (Å²) in [5, 5.41) is 20.5. The fraction of sp³-hybridized carbons (Fsp3) is 0.143. The van der Waals surface area contributed by atoms with Gasteiger partial charge in [-0.25, -0.2) is 0 Å². The molecular formula is C7H8BrN2O3-. The molecule has 72 valence electrons. The lowest BCUT2D eigenvalue weighted by Gasteiger charge is -2.07. The Bertz CT molecular complexity index is 283. The fourth-order valence-electron chi connectivity index (χ4n) is 0.559. The van der Waals surface area contributed by atoms with E-state index in [0.717, 1.165) is 6.08 Å². The van der Waals surface area contributed by atoms with Gasteiger partial charge in [-0.15, -0.1) is 0 Å². The molecule has 0 spiro atoms. The zero-order valence-corrected chi connectivity index (χ0v) is 8.50. The van der Waals surface area contributed by atoms with Crippen molar-refractivity contribution in [1.29, 1.82) is 0 Å². The Morgan fingerprint density at radius 2 is 2.15 bits per heavy atom. The van der Waals surface area contributed by atoms with Gasteiger partial charge >= 0.3 is 0 Å². The molecule has 0 radical (unpaired) electrons. The summed E-state index contributed by atoms with van der Waals surface area (Å²) >= 11 is 2.95. The highest BCUT2D eigenvalue weighted by Crippen LogP contribution is 2.09. The number of hydroxylamine groups is 1. The lowest BCUT2D eigenvalue weighted by molar-refractivity contribution is -0.419. The molecule has 1 N–H and O–H groups in total. The molecule has 0 saturated carbocycles. The second-order valence-electron chi connectivity index (χ2n) is 2.20.